The highest BCUT2D eigenvalue weighted by Gasteiger charge is 2.37. The first-order valence-corrected chi connectivity index (χ1v) is 3.97. The lowest BCUT2D eigenvalue weighted by molar-refractivity contribution is -0.0712. The Morgan fingerprint density at radius 3 is 2.57 bits per heavy atom. The fraction of sp³-hybridized carbons (Fsp3) is 0.333. The van der Waals surface area contributed by atoms with Crippen molar-refractivity contribution in [2.45, 2.75) is 12.0 Å². The molecule has 0 amide bonds. The van der Waals surface area contributed by atoms with Gasteiger partial charge in [-0.1, -0.05) is 12.1 Å². The summed E-state index contributed by atoms with van der Waals surface area (Å²) < 4.78 is 38.4. The van der Waals surface area contributed by atoms with Crippen LogP contribution in [0.4, 0.5) is 13.2 Å². The topological polar surface area (TPSA) is 46.2 Å². The van der Waals surface area contributed by atoms with Crippen LogP contribution in [0.5, 0.6) is 0 Å². The molecule has 0 unspecified atom stereocenters. The number of hydrogen-bond donors (Lipinski definition) is 2. The molecule has 1 aromatic carbocycles. The van der Waals surface area contributed by atoms with Crippen LogP contribution < -0.4 is 5.73 Å². The van der Waals surface area contributed by atoms with Crippen LogP contribution in [0.25, 0.3) is 0 Å². The number of rotatable bonds is 3. The average Bonchev–Trinajstić information content (AvgIpc) is 2.16. The van der Waals surface area contributed by atoms with E-state index in [0.717, 1.165) is 12.1 Å². The summed E-state index contributed by atoms with van der Waals surface area (Å²) in [7, 11) is 0. The van der Waals surface area contributed by atoms with Crippen LogP contribution in [-0.2, 0) is 0 Å². The highest BCUT2D eigenvalue weighted by atomic mass is 19.3. The van der Waals surface area contributed by atoms with Gasteiger partial charge in [0.25, 0.3) is 5.92 Å². The van der Waals surface area contributed by atoms with Crippen molar-refractivity contribution in [2.24, 2.45) is 5.73 Å². The van der Waals surface area contributed by atoms with E-state index in [4.69, 9.17) is 10.8 Å². The first-order valence-electron chi connectivity index (χ1n) is 3.97. The second-order valence-corrected chi connectivity index (χ2v) is 2.95. The Morgan fingerprint density at radius 2 is 2.07 bits per heavy atom. The summed E-state index contributed by atoms with van der Waals surface area (Å²) in [5.74, 6) is -4.07. The lowest BCUT2D eigenvalue weighted by Crippen LogP contribution is -2.36. The largest absolute Gasteiger partial charge is 0.390 e. The zero-order valence-corrected chi connectivity index (χ0v) is 7.25. The monoisotopic (exact) mass is 205 g/mol. The fourth-order valence-electron chi connectivity index (χ4n) is 1.04. The molecule has 1 rings (SSSR count). The molecular formula is C9H10F3NO. The van der Waals surface area contributed by atoms with Gasteiger partial charge in [-0.2, -0.15) is 0 Å². The van der Waals surface area contributed by atoms with Crippen molar-refractivity contribution in [3.05, 3.63) is 35.6 Å². The summed E-state index contributed by atoms with van der Waals surface area (Å²) in [5, 5.41) is 8.37. The lowest BCUT2D eigenvalue weighted by Gasteiger charge is -2.21. The molecule has 0 spiro atoms. The second-order valence-electron chi connectivity index (χ2n) is 2.95. The molecule has 0 aromatic heterocycles. The number of nitrogens with two attached hydrogens (primary N) is 1. The molecule has 0 saturated carbocycles. The van der Waals surface area contributed by atoms with Gasteiger partial charge >= 0.3 is 0 Å². The third-order valence-corrected chi connectivity index (χ3v) is 1.87. The molecule has 0 fully saturated rings. The van der Waals surface area contributed by atoms with E-state index in [1.807, 2.05) is 0 Å². The fourth-order valence-corrected chi connectivity index (χ4v) is 1.04. The van der Waals surface area contributed by atoms with E-state index in [9.17, 15) is 13.2 Å². The van der Waals surface area contributed by atoms with Crippen LogP contribution in [0.2, 0.25) is 0 Å². The molecule has 0 aliphatic rings. The molecule has 3 N–H and O–H groups in total. The molecule has 0 radical (unpaired) electrons. The van der Waals surface area contributed by atoms with Crippen molar-refractivity contribution < 1.29 is 18.3 Å². The maximum absolute atomic E-state index is 12.9. The second kappa shape index (κ2) is 3.98. The Labute approximate surface area is 79.2 Å². The van der Waals surface area contributed by atoms with Gasteiger partial charge in [0.2, 0.25) is 0 Å². The zero-order valence-electron chi connectivity index (χ0n) is 7.25. The Bertz CT molecular complexity index is 317. The van der Waals surface area contributed by atoms with Crippen molar-refractivity contribution in [2.75, 3.05) is 6.61 Å². The normalized spacial score (nSPS) is 14.1. The average molecular weight is 205 g/mol. The van der Waals surface area contributed by atoms with Crippen molar-refractivity contribution in [3.63, 3.8) is 0 Å². The molecule has 2 nitrogen and oxygen atoms in total. The predicted octanol–water partition coefficient (Wildman–Crippen LogP) is 1.45. The third-order valence-electron chi connectivity index (χ3n) is 1.87. The summed E-state index contributed by atoms with van der Waals surface area (Å²) in [4.78, 5) is 0. The Morgan fingerprint density at radius 1 is 1.43 bits per heavy atom. The van der Waals surface area contributed by atoms with Crippen molar-refractivity contribution >= 4 is 0 Å². The number of hydrogen-bond acceptors (Lipinski definition) is 2. The van der Waals surface area contributed by atoms with Crippen LogP contribution in [-0.4, -0.2) is 17.6 Å². The standard InChI is InChI=1S/C9H10F3NO/c10-7-3-1-2-6(4-7)8(13)9(11,12)5-14/h1-4,8,14H,5,13H2/t8-/m0/s1. The zero-order chi connectivity index (χ0) is 10.8. The summed E-state index contributed by atoms with van der Waals surface area (Å²) >= 11 is 0. The quantitative estimate of drug-likeness (QED) is 0.784. The minimum absolute atomic E-state index is 0.0379. The molecule has 1 atom stereocenters. The van der Waals surface area contributed by atoms with Crippen molar-refractivity contribution in [3.8, 4) is 0 Å². The van der Waals surface area contributed by atoms with E-state index >= 15 is 0 Å². The number of benzene rings is 1. The predicted molar refractivity (Wildman–Crippen MR) is 45.4 cm³/mol. The van der Waals surface area contributed by atoms with Crippen molar-refractivity contribution in [1.29, 1.82) is 0 Å². The van der Waals surface area contributed by atoms with Crippen molar-refractivity contribution in [1.82, 2.24) is 0 Å². The van der Waals surface area contributed by atoms with Crippen LogP contribution in [0, 0.1) is 5.82 Å². The first-order chi connectivity index (χ1) is 6.47. The maximum atomic E-state index is 12.9. The van der Waals surface area contributed by atoms with Gasteiger partial charge in [0.1, 0.15) is 12.4 Å². The van der Waals surface area contributed by atoms with Gasteiger partial charge < -0.3 is 10.8 Å². The Kier molecular flexibility index (Phi) is 3.13. The van der Waals surface area contributed by atoms with E-state index in [1.165, 1.54) is 12.1 Å². The van der Waals surface area contributed by atoms with Crippen LogP contribution in [0.3, 0.4) is 0 Å². The molecule has 1 aromatic rings. The summed E-state index contributed by atoms with van der Waals surface area (Å²) in [6.07, 6.45) is 0. The number of halogens is 3. The molecule has 0 heterocycles. The molecule has 0 saturated heterocycles. The van der Waals surface area contributed by atoms with E-state index in [1.54, 1.807) is 0 Å². The third kappa shape index (κ3) is 2.24. The Hall–Kier alpha value is -1.07. The minimum Gasteiger partial charge on any atom is -0.390 e. The number of aliphatic hydroxyl groups is 1. The molecule has 0 aliphatic carbocycles. The van der Waals surface area contributed by atoms with Gasteiger partial charge in [0.05, 0.1) is 6.04 Å². The Balaban J connectivity index is 2.94. The molecule has 5 heteroatoms. The van der Waals surface area contributed by atoms with E-state index in [2.05, 4.69) is 0 Å². The van der Waals surface area contributed by atoms with Crippen LogP contribution in [0.15, 0.2) is 24.3 Å². The smallest absolute Gasteiger partial charge is 0.289 e. The van der Waals surface area contributed by atoms with Crippen LogP contribution >= 0.6 is 0 Å². The van der Waals surface area contributed by atoms with E-state index < -0.39 is 24.4 Å². The summed E-state index contributed by atoms with van der Waals surface area (Å²) in [6, 6.07) is 2.94. The molecule has 0 aliphatic heterocycles. The molecule has 14 heavy (non-hydrogen) atoms. The lowest BCUT2D eigenvalue weighted by atomic mass is 10.0. The summed E-state index contributed by atoms with van der Waals surface area (Å²) in [6.45, 7) is -1.36. The van der Waals surface area contributed by atoms with Gasteiger partial charge in [-0.25, -0.2) is 13.2 Å². The molecular weight excluding hydrogens is 195 g/mol. The maximum Gasteiger partial charge on any atom is 0.289 e. The summed E-state index contributed by atoms with van der Waals surface area (Å²) in [5.41, 5.74) is 5.14. The number of aliphatic hydroxyl groups excluding tert-OH is 1. The minimum atomic E-state index is -3.44. The molecule has 0 bridgehead atoms. The van der Waals surface area contributed by atoms with Gasteiger partial charge in [0.15, 0.2) is 0 Å². The van der Waals surface area contributed by atoms with E-state index in [0.29, 0.717) is 0 Å². The number of alkyl halides is 2. The van der Waals surface area contributed by atoms with Gasteiger partial charge in [-0.15, -0.1) is 0 Å². The van der Waals surface area contributed by atoms with Crippen LogP contribution in [0.1, 0.15) is 11.6 Å². The highest BCUT2D eigenvalue weighted by Crippen LogP contribution is 2.28. The molecule has 78 valence electrons. The highest BCUT2D eigenvalue weighted by molar-refractivity contribution is 5.21. The van der Waals surface area contributed by atoms with Gasteiger partial charge in [-0.05, 0) is 17.7 Å². The van der Waals surface area contributed by atoms with Gasteiger partial charge in [0, 0.05) is 0 Å². The first kappa shape index (κ1) is 11.0. The SMILES string of the molecule is N[C@@H](c1cccc(F)c1)C(F)(F)CO. The van der Waals surface area contributed by atoms with Gasteiger partial charge in [-0.3, -0.25) is 0 Å². The van der Waals surface area contributed by atoms with E-state index in [-0.39, 0.29) is 5.56 Å².